The normalized spacial score (nSPS) is 13.2. The van der Waals surface area contributed by atoms with Crippen molar-refractivity contribution < 1.29 is 32.2 Å². The smallest absolute Gasteiger partial charge is 0.416 e. The highest BCUT2D eigenvalue weighted by Crippen LogP contribution is 2.32. The van der Waals surface area contributed by atoms with E-state index < -0.39 is 24.3 Å². The second kappa shape index (κ2) is 12.1. The first-order valence-electron chi connectivity index (χ1n) is 12.0. The summed E-state index contributed by atoms with van der Waals surface area (Å²) < 4.78 is 49.8. The quantitative estimate of drug-likeness (QED) is 0.262. The lowest BCUT2D eigenvalue weighted by Gasteiger charge is -2.13. The first kappa shape index (κ1) is 27.2. The molecule has 0 unspecified atom stereocenters. The molecule has 38 heavy (non-hydrogen) atoms. The van der Waals surface area contributed by atoms with Gasteiger partial charge in [0, 0.05) is 10.6 Å². The molecule has 4 rings (SSSR count). The van der Waals surface area contributed by atoms with Gasteiger partial charge in [0.1, 0.15) is 0 Å². The van der Waals surface area contributed by atoms with Crippen molar-refractivity contribution in [3.05, 3.63) is 75.0 Å². The number of nitrogens with one attached hydrogen (secondary N) is 2. The van der Waals surface area contributed by atoms with Gasteiger partial charge in [-0.1, -0.05) is 6.07 Å². The van der Waals surface area contributed by atoms with Gasteiger partial charge >= 0.3 is 6.18 Å². The minimum absolute atomic E-state index is 0.00906. The number of halogens is 3. The van der Waals surface area contributed by atoms with E-state index in [-0.39, 0.29) is 17.3 Å². The monoisotopic (exact) mass is 545 g/mol. The Labute approximate surface area is 221 Å². The number of nitrogens with zero attached hydrogens (tertiary/aromatic N) is 1. The number of benzene rings is 2. The maximum absolute atomic E-state index is 12.9. The fraction of sp³-hybridized carbons (Fsp3) is 0.296. The Morgan fingerprint density at radius 1 is 1.05 bits per heavy atom. The van der Waals surface area contributed by atoms with Crippen molar-refractivity contribution in [1.82, 2.24) is 5.43 Å². The molecule has 3 aromatic rings. The molecule has 0 spiro atoms. The number of alkyl halides is 3. The van der Waals surface area contributed by atoms with Crippen molar-refractivity contribution in [2.75, 3.05) is 18.5 Å². The maximum atomic E-state index is 12.9. The van der Waals surface area contributed by atoms with Crippen molar-refractivity contribution in [3.63, 3.8) is 0 Å². The Balaban J connectivity index is 1.34. The predicted octanol–water partition coefficient (Wildman–Crippen LogP) is 5.83. The molecule has 2 amide bonds. The van der Waals surface area contributed by atoms with Crippen molar-refractivity contribution in [1.29, 1.82) is 0 Å². The van der Waals surface area contributed by atoms with Crippen LogP contribution >= 0.6 is 11.3 Å². The lowest BCUT2D eigenvalue weighted by Crippen LogP contribution is -2.20. The number of hydrazone groups is 1. The molecule has 0 fully saturated rings. The summed E-state index contributed by atoms with van der Waals surface area (Å²) in [6.07, 6.45) is 1.27. The average molecular weight is 546 g/mol. The van der Waals surface area contributed by atoms with Crippen molar-refractivity contribution >= 4 is 35.1 Å². The first-order chi connectivity index (χ1) is 18.2. The zero-order valence-corrected chi connectivity index (χ0v) is 21.4. The average Bonchev–Trinajstić information content (AvgIpc) is 3.33. The van der Waals surface area contributed by atoms with Crippen LogP contribution in [0.15, 0.2) is 53.6 Å². The van der Waals surface area contributed by atoms with Gasteiger partial charge in [-0.05, 0) is 86.2 Å². The van der Waals surface area contributed by atoms with E-state index in [4.69, 9.17) is 9.47 Å². The highest BCUT2D eigenvalue weighted by atomic mass is 32.1. The Bertz CT molecular complexity index is 1310. The number of anilines is 1. The predicted molar refractivity (Wildman–Crippen MR) is 139 cm³/mol. The number of amides is 2. The fourth-order valence-corrected chi connectivity index (χ4v) is 5.07. The van der Waals surface area contributed by atoms with Crippen LogP contribution in [-0.4, -0.2) is 31.2 Å². The van der Waals surface area contributed by atoms with E-state index in [0.29, 0.717) is 22.8 Å². The van der Waals surface area contributed by atoms with Crippen molar-refractivity contribution in [2.24, 2.45) is 5.10 Å². The van der Waals surface area contributed by atoms with Crippen LogP contribution in [0.3, 0.4) is 0 Å². The lowest BCUT2D eigenvalue weighted by atomic mass is 9.99. The van der Waals surface area contributed by atoms with Gasteiger partial charge in [0.15, 0.2) is 18.1 Å². The summed E-state index contributed by atoms with van der Waals surface area (Å²) in [5.41, 5.74) is 3.56. The molecule has 1 aliphatic carbocycles. The first-order valence-corrected chi connectivity index (χ1v) is 12.9. The number of thiophene rings is 1. The standard InChI is InChI=1S/C27H26F3N3O4S/c1-2-36-22-12-17(15-31-33-26(35)24-13-18-6-3-4-9-23(18)38-24)10-11-21(22)37-16-25(34)32-20-8-5-7-19(14-20)27(28,29)30/h5,7-8,10-15H,2-4,6,9,16H2,1H3,(H,32,34)(H,33,35)/b31-15-. The van der Waals surface area contributed by atoms with Crippen LogP contribution in [0.2, 0.25) is 0 Å². The van der Waals surface area contributed by atoms with E-state index in [1.54, 1.807) is 25.1 Å². The van der Waals surface area contributed by atoms with E-state index in [0.717, 1.165) is 37.8 Å². The minimum atomic E-state index is -4.51. The van der Waals surface area contributed by atoms with E-state index >= 15 is 0 Å². The third-order valence-electron chi connectivity index (χ3n) is 5.70. The second-order valence-corrected chi connectivity index (χ2v) is 9.66. The van der Waals surface area contributed by atoms with Crippen LogP contribution < -0.4 is 20.2 Å². The molecule has 0 radical (unpaired) electrons. The van der Waals surface area contributed by atoms with Gasteiger partial charge in [-0.3, -0.25) is 9.59 Å². The van der Waals surface area contributed by atoms with E-state index in [1.807, 2.05) is 6.07 Å². The number of ether oxygens (including phenoxy) is 2. The zero-order valence-electron chi connectivity index (χ0n) is 20.6. The molecule has 1 aromatic heterocycles. The topological polar surface area (TPSA) is 89.0 Å². The highest BCUT2D eigenvalue weighted by molar-refractivity contribution is 7.14. The van der Waals surface area contributed by atoms with Crippen LogP contribution in [0.4, 0.5) is 18.9 Å². The van der Waals surface area contributed by atoms with Gasteiger partial charge in [0.25, 0.3) is 11.8 Å². The Morgan fingerprint density at radius 3 is 2.63 bits per heavy atom. The third-order valence-corrected chi connectivity index (χ3v) is 6.94. The second-order valence-electron chi connectivity index (χ2n) is 8.52. The van der Waals surface area contributed by atoms with Crippen LogP contribution in [0, 0.1) is 0 Å². The number of hydrogen-bond acceptors (Lipinski definition) is 6. The SMILES string of the molecule is CCOc1cc(/C=N\NC(=O)c2cc3c(s2)CCCC3)ccc1OCC(=O)Nc1cccc(C(F)(F)F)c1. The molecule has 2 aromatic carbocycles. The highest BCUT2D eigenvalue weighted by Gasteiger charge is 2.30. The summed E-state index contributed by atoms with van der Waals surface area (Å²) in [7, 11) is 0. The molecule has 11 heteroatoms. The molecule has 0 atom stereocenters. The third kappa shape index (κ3) is 7.12. The number of carbonyl (C=O) groups is 2. The number of carbonyl (C=O) groups excluding carboxylic acids is 2. The molecule has 0 bridgehead atoms. The molecule has 0 saturated heterocycles. The van der Waals surface area contributed by atoms with Gasteiger partial charge in [-0.25, -0.2) is 5.43 Å². The molecule has 1 heterocycles. The number of rotatable bonds is 9. The van der Waals surface area contributed by atoms with Gasteiger partial charge in [0.05, 0.1) is 23.3 Å². The van der Waals surface area contributed by atoms with Crippen molar-refractivity contribution in [2.45, 2.75) is 38.8 Å². The van der Waals surface area contributed by atoms with E-state index in [9.17, 15) is 22.8 Å². The van der Waals surface area contributed by atoms with Gasteiger partial charge in [-0.15, -0.1) is 11.3 Å². The van der Waals surface area contributed by atoms with E-state index in [1.165, 1.54) is 40.1 Å². The Hall–Kier alpha value is -3.86. The number of aryl methyl sites for hydroxylation is 2. The van der Waals surface area contributed by atoms with Gasteiger partial charge in [0.2, 0.25) is 0 Å². The molecule has 0 aliphatic heterocycles. The van der Waals surface area contributed by atoms with Gasteiger partial charge in [-0.2, -0.15) is 18.3 Å². The summed E-state index contributed by atoms with van der Waals surface area (Å²) in [4.78, 5) is 26.6. The molecular formula is C27H26F3N3O4S. The van der Waals surface area contributed by atoms with Crippen LogP contribution in [0.25, 0.3) is 0 Å². The number of hydrogen-bond donors (Lipinski definition) is 2. The summed E-state index contributed by atoms with van der Waals surface area (Å²) >= 11 is 1.51. The van der Waals surface area contributed by atoms with Crippen LogP contribution in [0.5, 0.6) is 11.5 Å². The molecule has 200 valence electrons. The molecule has 7 nitrogen and oxygen atoms in total. The Kier molecular flexibility index (Phi) is 8.67. The summed E-state index contributed by atoms with van der Waals surface area (Å²) in [6, 6.07) is 11.2. The summed E-state index contributed by atoms with van der Waals surface area (Å²) in [5, 5.41) is 6.43. The number of fused-ring (bicyclic) bond motifs is 1. The maximum Gasteiger partial charge on any atom is 0.416 e. The molecule has 0 saturated carbocycles. The molecular weight excluding hydrogens is 519 g/mol. The van der Waals surface area contributed by atoms with Gasteiger partial charge < -0.3 is 14.8 Å². The largest absolute Gasteiger partial charge is 0.490 e. The molecule has 2 N–H and O–H groups in total. The lowest BCUT2D eigenvalue weighted by molar-refractivity contribution is -0.137. The Morgan fingerprint density at radius 2 is 1.87 bits per heavy atom. The molecule has 1 aliphatic rings. The van der Waals surface area contributed by atoms with Crippen molar-refractivity contribution in [3.8, 4) is 11.5 Å². The summed E-state index contributed by atoms with van der Waals surface area (Å²) in [6.45, 7) is 1.67. The zero-order chi connectivity index (χ0) is 27.1. The van der Waals surface area contributed by atoms with Crippen LogP contribution in [-0.2, 0) is 23.8 Å². The minimum Gasteiger partial charge on any atom is -0.490 e. The summed E-state index contributed by atoms with van der Waals surface area (Å²) in [5.74, 6) is -0.273. The van der Waals surface area contributed by atoms with E-state index in [2.05, 4.69) is 15.8 Å². The fourth-order valence-electron chi connectivity index (χ4n) is 3.93. The van der Waals surface area contributed by atoms with Crippen LogP contribution in [0.1, 0.15) is 51.0 Å².